The van der Waals surface area contributed by atoms with E-state index in [9.17, 15) is 4.79 Å². The van der Waals surface area contributed by atoms with Crippen LogP contribution in [0.3, 0.4) is 0 Å². The van der Waals surface area contributed by atoms with E-state index < -0.39 is 0 Å². The van der Waals surface area contributed by atoms with Gasteiger partial charge in [0.25, 0.3) is 0 Å². The first-order valence-electron chi connectivity index (χ1n) is 7.61. The van der Waals surface area contributed by atoms with E-state index in [2.05, 4.69) is 6.07 Å². The van der Waals surface area contributed by atoms with Crippen LogP contribution in [0.5, 0.6) is 11.5 Å². The third-order valence-corrected chi connectivity index (χ3v) is 4.31. The van der Waals surface area contributed by atoms with Gasteiger partial charge in [0.15, 0.2) is 5.78 Å². The molecule has 0 radical (unpaired) electrons. The molecule has 0 bridgehead atoms. The Bertz CT molecular complexity index is 798. The summed E-state index contributed by atoms with van der Waals surface area (Å²) >= 11 is 0. The van der Waals surface area contributed by atoms with Crippen LogP contribution in [0.4, 0.5) is 0 Å². The third-order valence-electron chi connectivity index (χ3n) is 4.31. The zero-order valence-electron chi connectivity index (χ0n) is 13.9. The first-order chi connectivity index (χ1) is 11.0. The molecule has 3 heteroatoms. The monoisotopic (exact) mass is 308 g/mol. The van der Waals surface area contributed by atoms with Crippen molar-refractivity contribution in [3.8, 4) is 11.5 Å². The summed E-state index contributed by atoms with van der Waals surface area (Å²) < 4.78 is 10.7. The van der Waals surface area contributed by atoms with Gasteiger partial charge in [-0.1, -0.05) is 18.2 Å². The maximum absolute atomic E-state index is 12.7. The summed E-state index contributed by atoms with van der Waals surface area (Å²) in [6.07, 6.45) is 0.409. The summed E-state index contributed by atoms with van der Waals surface area (Å²) in [5, 5.41) is 0. The van der Waals surface area contributed by atoms with Crippen LogP contribution >= 0.6 is 0 Å². The van der Waals surface area contributed by atoms with Crippen molar-refractivity contribution in [2.75, 3.05) is 14.2 Å². The average molecular weight is 308 g/mol. The van der Waals surface area contributed by atoms with Crippen LogP contribution in [0.2, 0.25) is 0 Å². The number of Topliss-reactive ketones (excluding diaryl/α,β-unsaturated/α-hetero) is 1. The molecule has 0 atom stereocenters. The number of fused-ring (bicyclic) bond motifs is 1. The lowest BCUT2D eigenvalue weighted by atomic mass is 9.81. The second kappa shape index (κ2) is 5.92. The smallest absolute Gasteiger partial charge is 0.168 e. The first kappa shape index (κ1) is 15.3. The maximum Gasteiger partial charge on any atom is 0.168 e. The number of rotatable bonds is 3. The molecule has 0 unspecified atom stereocenters. The average Bonchev–Trinajstić information content (AvgIpc) is 2.54. The van der Waals surface area contributed by atoms with E-state index in [0.29, 0.717) is 6.42 Å². The SMILES string of the molecule is COc1ccc(C2=C(C)c3c(cc(C)cc3OC)CC2=O)cc1. The Morgan fingerprint density at radius 2 is 1.65 bits per heavy atom. The van der Waals surface area contributed by atoms with Crippen molar-refractivity contribution in [3.63, 3.8) is 0 Å². The minimum Gasteiger partial charge on any atom is -0.497 e. The molecule has 0 saturated carbocycles. The molecule has 0 aliphatic heterocycles. The lowest BCUT2D eigenvalue weighted by molar-refractivity contribution is -0.113. The standard InChI is InChI=1S/C20H20O3/c1-12-9-15-11-17(21)19(13(2)20(15)18(10-12)23-4)14-5-7-16(22-3)8-6-14/h5-10H,11H2,1-4H3. The molecule has 0 spiro atoms. The summed E-state index contributed by atoms with van der Waals surface area (Å²) in [6.45, 7) is 4.01. The quantitative estimate of drug-likeness (QED) is 0.857. The molecule has 1 aliphatic rings. The number of hydrogen-bond acceptors (Lipinski definition) is 3. The van der Waals surface area contributed by atoms with Crippen molar-refractivity contribution in [2.45, 2.75) is 20.3 Å². The molecule has 2 aromatic rings. The van der Waals surface area contributed by atoms with Crippen molar-refractivity contribution in [3.05, 3.63) is 58.7 Å². The Morgan fingerprint density at radius 3 is 2.26 bits per heavy atom. The van der Waals surface area contributed by atoms with Gasteiger partial charge in [0, 0.05) is 17.6 Å². The number of benzene rings is 2. The first-order valence-corrected chi connectivity index (χ1v) is 7.61. The Morgan fingerprint density at radius 1 is 0.957 bits per heavy atom. The highest BCUT2D eigenvalue weighted by Crippen LogP contribution is 2.40. The number of ketones is 1. The predicted molar refractivity (Wildman–Crippen MR) is 91.9 cm³/mol. The molecule has 0 amide bonds. The number of allylic oxidation sites excluding steroid dienone is 2. The van der Waals surface area contributed by atoms with Crippen molar-refractivity contribution in [1.82, 2.24) is 0 Å². The highest BCUT2D eigenvalue weighted by molar-refractivity contribution is 6.30. The third kappa shape index (κ3) is 2.63. The Kier molecular flexibility index (Phi) is 3.95. The number of hydrogen-bond donors (Lipinski definition) is 0. The highest BCUT2D eigenvalue weighted by Gasteiger charge is 2.27. The Balaban J connectivity index is 2.20. The molecule has 0 N–H and O–H groups in total. The molecule has 23 heavy (non-hydrogen) atoms. The van der Waals surface area contributed by atoms with Crippen molar-refractivity contribution in [1.29, 1.82) is 0 Å². The van der Waals surface area contributed by atoms with Gasteiger partial charge in [0.2, 0.25) is 0 Å². The van der Waals surface area contributed by atoms with Crippen LogP contribution in [-0.4, -0.2) is 20.0 Å². The van der Waals surface area contributed by atoms with E-state index in [-0.39, 0.29) is 5.78 Å². The molecule has 0 fully saturated rings. The molecule has 2 aromatic carbocycles. The fraction of sp³-hybridized carbons (Fsp3) is 0.250. The van der Waals surface area contributed by atoms with Crippen molar-refractivity contribution < 1.29 is 14.3 Å². The zero-order chi connectivity index (χ0) is 16.6. The molecule has 0 heterocycles. The number of carbonyl (C=O) groups is 1. The largest absolute Gasteiger partial charge is 0.497 e. The summed E-state index contributed by atoms with van der Waals surface area (Å²) in [5.74, 6) is 1.76. The van der Waals surface area contributed by atoms with Gasteiger partial charge in [-0.15, -0.1) is 0 Å². The molecule has 1 aliphatic carbocycles. The van der Waals surface area contributed by atoms with Crippen molar-refractivity contribution >= 4 is 16.9 Å². The van der Waals surface area contributed by atoms with Crippen LogP contribution in [0.15, 0.2) is 36.4 Å². The van der Waals surface area contributed by atoms with Gasteiger partial charge in [-0.3, -0.25) is 4.79 Å². The number of methoxy groups -OCH3 is 2. The number of aryl methyl sites for hydroxylation is 1. The zero-order valence-corrected chi connectivity index (χ0v) is 13.9. The van der Waals surface area contributed by atoms with Crippen LogP contribution in [0.25, 0.3) is 11.1 Å². The van der Waals surface area contributed by atoms with Gasteiger partial charge in [-0.2, -0.15) is 0 Å². The molecule has 3 nitrogen and oxygen atoms in total. The van der Waals surface area contributed by atoms with E-state index in [1.54, 1.807) is 14.2 Å². The Labute approximate surface area is 136 Å². The highest BCUT2D eigenvalue weighted by atomic mass is 16.5. The van der Waals surface area contributed by atoms with Gasteiger partial charge < -0.3 is 9.47 Å². The molecular weight excluding hydrogens is 288 g/mol. The fourth-order valence-corrected chi connectivity index (χ4v) is 3.28. The minimum absolute atomic E-state index is 0.146. The Hall–Kier alpha value is -2.55. The van der Waals surface area contributed by atoms with Gasteiger partial charge in [-0.25, -0.2) is 0 Å². The molecular formula is C20H20O3. The summed E-state index contributed by atoms with van der Waals surface area (Å²) in [5.41, 5.74) is 5.85. The maximum atomic E-state index is 12.7. The van der Waals surface area contributed by atoms with E-state index in [4.69, 9.17) is 9.47 Å². The fourth-order valence-electron chi connectivity index (χ4n) is 3.28. The minimum atomic E-state index is 0.146. The van der Waals surface area contributed by atoms with Crippen LogP contribution in [0.1, 0.15) is 29.2 Å². The van der Waals surface area contributed by atoms with Gasteiger partial charge in [0.1, 0.15) is 11.5 Å². The van der Waals surface area contributed by atoms with E-state index in [1.807, 2.05) is 44.2 Å². The molecule has 0 saturated heterocycles. The second-order valence-corrected chi connectivity index (χ2v) is 5.83. The van der Waals surface area contributed by atoms with E-state index in [1.165, 1.54) is 0 Å². The van der Waals surface area contributed by atoms with Crippen LogP contribution in [-0.2, 0) is 11.2 Å². The van der Waals surface area contributed by atoms with Crippen molar-refractivity contribution in [2.24, 2.45) is 0 Å². The molecule has 118 valence electrons. The van der Waals surface area contributed by atoms with Crippen LogP contribution < -0.4 is 9.47 Å². The topological polar surface area (TPSA) is 35.5 Å². The predicted octanol–water partition coefficient (Wildman–Crippen LogP) is 4.07. The van der Waals surface area contributed by atoms with Gasteiger partial charge in [-0.05, 0) is 54.3 Å². The summed E-state index contributed by atoms with van der Waals surface area (Å²) in [6, 6.07) is 11.7. The van der Waals surface area contributed by atoms with Gasteiger partial charge >= 0.3 is 0 Å². The van der Waals surface area contributed by atoms with Gasteiger partial charge in [0.05, 0.1) is 14.2 Å². The van der Waals surface area contributed by atoms with E-state index >= 15 is 0 Å². The second-order valence-electron chi connectivity index (χ2n) is 5.83. The molecule has 3 rings (SSSR count). The molecule has 0 aromatic heterocycles. The van der Waals surface area contributed by atoms with Crippen LogP contribution in [0, 0.1) is 6.92 Å². The normalized spacial score (nSPS) is 13.8. The lowest BCUT2D eigenvalue weighted by Gasteiger charge is -2.23. The lowest BCUT2D eigenvalue weighted by Crippen LogP contribution is -2.15. The summed E-state index contributed by atoms with van der Waals surface area (Å²) in [7, 11) is 3.31. The van der Waals surface area contributed by atoms with E-state index in [0.717, 1.165) is 44.9 Å². The number of ether oxygens (including phenoxy) is 2. The summed E-state index contributed by atoms with van der Waals surface area (Å²) in [4.78, 5) is 12.7. The number of carbonyl (C=O) groups excluding carboxylic acids is 1.